The third-order valence-corrected chi connectivity index (χ3v) is 4.00. The number of carbonyl (C=O) groups is 2. The van der Waals surface area contributed by atoms with Crippen LogP contribution in [0.4, 0.5) is 4.79 Å². The van der Waals surface area contributed by atoms with Crippen LogP contribution >= 0.6 is 0 Å². The second kappa shape index (κ2) is 7.34. The van der Waals surface area contributed by atoms with Crippen LogP contribution in [0.5, 0.6) is 0 Å². The summed E-state index contributed by atoms with van der Waals surface area (Å²) in [5.74, 6) is -0.00330. The number of amides is 2. The first-order chi connectivity index (χ1) is 12.5. The number of aromatic nitrogens is 4. The molecular weight excluding hydrogens is 336 g/mol. The van der Waals surface area contributed by atoms with E-state index in [0.717, 1.165) is 11.1 Å². The Morgan fingerprint density at radius 1 is 1.35 bits per heavy atom. The van der Waals surface area contributed by atoms with Gasteiger partial charge in [0.25, 0.3) is 0 Å². The average Bonchev–Trinajstić information content (AvgIpc) is 3.03. The van der Waals surface area contributed by atoms with Crippen LogP contribution in [0.15, 0.2) is 35.5 Å². The molecule has 2 N–H and O–H groups in total. The number of allylic oxidation sites excluding steroid dienone is 1. The Kier molecular flexibility index (Phi) is 4.97. The molecule has 2 aromatic rings. The fraction of sp³-hybridized carbons (Fsp3) is 0.353. The number of nitrogens with one attached hydrogen (secondary N) is 2. The van der Waals surface area contributed by atoms with Gasteiger partial charge in [-0.2, -0.15) is 4.80 Å². The fourth-order valence-electron chi connectivity index (χ4n) is 2.79. The summed E-state index contributed by atoms with van der Waals surface area (Å²) in [5.41, 5.74) is 2.65. The SMILES string of the molecule is CCOC(=O)C1=C(Cn2nnc(-c3ccccc3C)n2)NC(=O)N[C@H]1C. The van der Waals surface area contributed by atoms with Crippen molar-refractivity contribution in [2.24, 2.45) is 0 Å². The van der Waals surface area contributed by atoms with Crippen LogP contribution in [0.25, 0.3) is 11.4 Å². The highest BCUT2D eigenvalue weighted by molar-refractivity contribution is 5.94. The molecule has 0 fully saturated rings. The fourth-order valence-corrected chi connectivity index (χ4v) is 2.79. The van der Waals surface area contributed by atoms with Crippen molar-refractivity contribution < 1.29 is 14.3 Å². The molecule has 2 heterocycles. The molecule has 0 saturated heterocycles. The summed E-state index contributed by atoms with van der Waals surface area (Å²) in [6, 6.07) is 6.85. The number of tetrazole rings is 1. The van der Waals surface area contributed by atoms with Crippen LogP contribution in [0.3, 0.4) is 0 Å². The van der Waals surface area contributed by atoms with Crippen molar-refractivity contribution in [1.29, 1.82) is 0 Å². The van der Waals surface area contributed by atoms with Gasteiger partial charge in [0.1, 0.15) is 6.54 Å². The van der Waals surface area contributed by atoms with Gasteiger partial charge in [0.15, 0.2) is 0 Å². The Balaban J connectivity index is 1.90. The monoisotopic (exact) mass is 356 g/mol. The maximum atomic E-state index is 12.3. The van der Waals surface area contributed by atoms with E-state index in [2.05, 4.69) is 26.0 Å². The lowest BCUT2D eigenvalue weighted by atomic mass is 10.0. The number of aryl methyl sites for hydroxylation is 1. The molecule has 9 nitrogen and oxygen atoms in total. The van der Waals surface area contributed by atoms with Crippen molar-refractivity contribution in [3.05, 3.63) is 41.1 Å². The van der Waals surface area contributed by atoms with E-state index >= 15 is 0 Å². The number of hydrogen-bond acceptors (Lipinski definition) is 6. The molecule has 1 aliphatic heterocycles. The van der Waals surface area contributed by atoms with Crippen molar-refractivity contribution >= 4 is 12.0 Å². The molecule has 0 saturated carbocycles. The van der Waals surface area contributed by atoms with Gasteiger partial charge in [-0.05, 0) is 31.5 Å². The van der Waals surface area contributed by atoms with Gasteiger partial charge < -0.3 is 15.4 Å². The number of esters is 1. The molecule has 0 unspecified atom stereocenters. The van der Waals surface area contributed by atoms with Crippen LogP contribution in [0.2, 0.25) is 0 Å². The molecule has 136 valence electrons. The predicted octanol–water partition coefficient (Wildman–Crippen LogP) is 1.17. The van der Waals surface area contributed by atoms with Gasteiger partial charge in [0.05, 0.1) is 23.9 Å². The first-order valence-corrected chi connectivity index (χ1v) is 8.31. The standard InChI is InChI=1S/C17H20N6O3/c1-4-26-16(24)14-11(3)18-17(25)19-13(14)9-23-21-15(20-22-23)12-8-6-5-7-10(12)2/h5-8,11H,4,9H2,1-3H3,(H2,18,19,25)/t11-/m0/s1. The van der Waals surface area contributed by atoms with Gasteiger partial charge in [0, 0.05) is 5.56 Å². The number of rotatable bonds is 5. The molecule has 3 rings (SSSR count). The summed E-state index contributed by atoms with van der Waals surface area (Å²) in [4.78, 5) is 25.4. The maximum absolute atomic E-state index is 12.3. The molecule has 9 heteroatoms. The van der Waals surface area contributed by atoms with E-state index in [4.69, 9.17) is 4.74 Å². The number of nitrogens with zero attached hydrogens (tertiary/aromatic N) is 4. The zero-order valence-electron chi connectivity index (χ0n) is 14.8. The maximum Gasteiger partial charge on any atom is 0.337 e. The molecule has 0 radical (unpaired) electrons. The molecule has 2 amide bonds. The zero-order chi connectivity index (χ0) is 18.7. The minimum atomic E-state index is -0.484. The van der Waals surface area contributed by atoms with Crippen LogP contribution < -0.4 is 10.6 Å². The van der Waals surface area contributed by atoms with E-state index in [1.807, 2.05) is 31.2 Å². The first kappa shape index (κ1) is 17.6. The molecule has 1 aromatic carbocycles. The second-order valence-electron chi connectivity index (χ2n) is 5.89. The van der Waals surface area contributed by atoms with Gasteiger partial charge in [-0.25, -0.2) is 9.59 Å². The molecule has 1 atom stereocenters. The van der Waals surface area contributed by atoms with Gasteiger partial charge in [-0.15, -0.1) is 10.2 Å². The average molecular weight is 356 g/mol. The van der Waals surface area contributed by atoms with Gasteiger partial charge in [-0.3, -0.25) is 0 Å². The summed E-state index contributed by atoms with van der Waals surface area (Å²) in [5, 5.41) is 17.8. The van der Waals surface area contributed by atoms with Crippen molar-refractivity contribution in [1.82, 2.24) is 30.8 Å². The van der Waals surface area contributed by atoms with E-state index in [1.165, 1.54) is 4.80 Å². The Morgan fingerprint density at radius 3 is 2.85 bits per heavy atom. The molecular formula is C17H20N6O3. The number of carbonyl (C=O) groups excluding carboxylic acids is 2. The summed E-state index contributed by atoms with van der Waals surface area (Å²) in [7, 11) is 0. The van der Waals surface area contributed by atoms with E-state index < -0.39 is 12.0 Å². The highest BCUT2D eigenvalue weighted by Crippen LogP contribution is 2.19. The zero-order valence-corrected chi connectivity index (χ0v) is 14.8. The lowest BCUT2D eigenvalue weighted by Gasteiger charge is -2.26. The van der Waals surface area contributed by atoms with Crippen LogP contribution in [-0.2, 0) is 16.1 Å². The van der Waals surface area contributed by atoms with Gasteiger partial charge >= 0.3 is 12.0 Å². The van der Waals surface area contributed by atoms with E-state index in [0.29, 0.717) is 17.1 Å². The first-order valence-electron chi connectivity index (χ1n) is 8.31. The largest absolute Gasteiger partial charge is 0.463 e. The molecule has 1 aliphatic rings. The normalized spacial score (nSPS) is 16.9. The minimum Gasteiger partial charge on any atom is -0.463 e. The Bertz CT molecular complexity index is 873. The Hall–Kier alpha value is -3.23. The molecule has 0 spiro atoms. The second-order valence-corrected chi connectivity index (χ2v) is 5.89. The highest BCUT2D eigenvalue weighted by atomic mass is 16.5. The van der Waals surface area contributed by atoms with Crippen LogP contribution in [-0.4, -0.2) is 44.9 Å². The minimum absolute atomic E-state index is 0.102. The molecule has 26 heavy (non-hydrogen) atoms. The molecule has 1 aromatic heterocycles. The van der Waals surface area contributed by atoms with Crippen LogP contribution in [0.1, 0.15) is 19.4 Å². The van der Waals surface area contributed by atoms with E-state index in [9.17, 15) is 9.59 Å². The summed E-state index contributed by atoms with van der Waals surface area (Å²) in [6.07, 6.45) is 0. The summed E-state index contributed by atoms with van der Waals surface area (Å²) < 4.78 is 5.09. The van der Waals surface area contributed by atoms with E-state index in [-0.39, 0.29) is 19.2 Å². The summed E-state index contributed by atoms with van der Waals surface area (Å²) >= 11 is 0. The lowest BCUT2D eigenvalue weighted by molar-refractivity contribution is -0.139. The number of ether oxygens (including phenoxy) is 1. The number of urea groups is 1. The Labute approximate surface area is 150 Å². The third-order valence-electron chi connectivity index (χ3n) is 4.00. The smallest absolute Gasteiger partial charge is 0.337 e. The van der Waals surface area contributed by atoms with Crippen molar-refractivity contribution in [3.8, 4) is 11.4 Å². The molecule has 0 aliphatic carbocycles. The topological polar surface area (TPSA) is 111 Å². The van der Waals surface area contributed by atoms with Crippen molar-refractivity contribution in [2.45, 2.75) is 33.4 Å². The number of hydrogen-bond donors (Lipinski definition) is 2. The predicted molar refractivity (Wildman–Crippen MR) is 92.8 cm³/mol. The lowest BCUT2D eigenvalue weighted by Crippen LogP contribution is -2.50. The van der Waals surface area contributed by atoms with Crippen molar-refractivity contribution in [3.63, 3.8) is 0 Å². The van der Waals surface area contributed by atoms with Gasteiger partial charge in [0.2, 0.25) is 5.82 Å². The van der Waals surface area contributed by atoms with Crippen LogP contribution in [0, 0.1) is 6.92 Å². The third kappa shape index (κ3) is 3.56. The summed E-state index contributed by atoms with van der Waals surface area (Å²) in [6.45, 7) is 5.76. The Morgan fingerprint density at radius 2 is 2.12 bits per heavy atom. The van der Waals surface area contributed by atoms with E-state index in [1.54, 1.807) is 13.8 Å². The highest BCUT2D eigenvalue weighted by Gasteiger charge is 2.30. The quantitative estimate of drug-likeness (QED) is 0.778. The van der Waals surface area contributed by atoms with Crippen molar-refractivity contribution in [2.75, 3.05) is 6.61 Å². The van der Waals surface area contributed by atoms with Gasteiger partial charge in [-0.1, -0.05) is 24.3 Å². The molecule has 0 bridgehead atoms. The number of benzene rings is 1.